The lowest BCUT2D eigenvalue weighted by Gasteiger charge is -2.18. The van der Waals surface area contributed by atoms with E-state index in [1.165, 1.54) is 4.91 Å². The summed E-state index contributed by atoms with van der Waals surface area (Å²) in [6.45, 7) is 6.60. The van der Waals surface area contributed by atoms with E-state index < -0.39 is 0 Å². The zero-order valence-corrected chi connectivity index (χ0v) is 7.03. The molecule has 0 atom stereocenters. The fraction of sp³-hybridized carbons (Fsp3) is 0.714. The molecule has 0 bridgehead atoms. The summed E-state index contributed by atoms with van der Waals surface area (Å²) in [5.74, 6) is 1.14. The maximum atomic E-state index is 2.35. The van der Waals surface area contributed by atoms with Crippen molar-refractivity contribution in [1.29, 1.82) is 0 Å². The molecule has 1 aliphatic rings. The smallest absolute Gasteiger partial charge is 0.0680 e. The van der Waals surface area contributed by atoms with E-state index in [2.05, 4.69) is 31.9 Å². The molecule has 0 unspecified atom stereocenters. The minimum absolute atomic E-state index is 0.662. The quantitative estimate of drug-likeness (QED) is 0.554. The molecule has 0 saturated heterocycles. The third-order valence-corrected chi connectivity index (χ3v) is 2.44. The molecule has 0 radical (unpaired) electrons. The largest absolute Gasteiger partial charge is 0.365 e. The van der Waals surface area contributed by atoms with Gasteiger partial charge in [-0.05, 0) is 25.7 Å². The van der Waals surface area contributed by atoms with Gasteiger partial charge in [0.15, 0.2) is 0 Å². The number of rotatable bonds is 1. The zero-order chi connectivity index (χ0) is 6.85. The Hall–Kier alpha value is -0.110. The number of nitrogens with zero attached hydrogens (tertiary/aromatic N) is 1. The van der Waals surface area contributed by atoms with Gasteiger partial charge in [-0.2, -0.15) is 0 Å². The van der Waals surface area contributed by atoms with Crippen molar-refractivity contribution in [2.24, 2.45) is 0 Å². The summed E-state index contributed by atoms with van der Waals surface area (Å²) in [6.07, 6.45) is 2.23. The first-order valence-corrected chi connectivity index (χ1v) is 4.25. The second-order valence-electron chi connectivity index (χ2n) is 2.62. The summed E-state index contributed by atoms with van der Waals surface area (Å²) >= 11 is 1.92. The van der Waals surface area contributed by atoms with Crippen molar-refractivity contribution in [3.05, 3.63) is 11.1 Å². The third kappa shape index (κ3) is 1.65. The van der Waals surface area contributed by atoms with Crippen LogP contribution in [0.2, 0.25) is 0 Å². The highest BCUT2D eigenvalue weighted by atomic mass is 32.2. The van der Waals surface area contributed by atoms with Crippen molar-refractivity contribution < 1.29 is 0 Å². The van der Waals surface area contributed by atoms with Gasteiger partial charge >= 0.3 is 0 Å². The Balaban J connectivity index is 2.47. The van der Waals surface area contributed by atoms with Crippen LogP contribution < -0.4 is 0 Å². The fourth-order valence-corrected chi connectivity index (χ4v) is 1.72. The van der Waals surface area contributed by atoms with Crippen molar-refractivity contribution in [2.45, 2.75) is 26.8 Å². The second-order valence-corrected chi connectivity index (χ2v) is 3.81. The zero-order valence-electron chi connectivity index (χ0n) is 6.22. The first-order valence-electron chi connectivity index (χ1n) is 3.27. The van der Waals surface area contributed by atoms with E-state index in [-0.39, 0.29) is 0 Å². The maximum Gasteiger partial charge on any atom is 0.0680 e. The fourth-order valence-electron chi connectivity index (χ4n) is 0.783. The SMILES string of the molecule is CC1=CN(C(C)C)CS1. The minimum atomic E-state index is 0.662. The number of hydrogen-bond acceptors (Lipinski definition) is 2. The molecule has 0 aromatic rings. The highest BCUT2D eigenvalue weighted by Gasteiger charge is 2.11. The van der Waals surface area contributed by atoms with Crippen LogP contribution >= 0.6 is 11.8 Å². The highest BCUT2D eigenvalue weighted by Crippen LogP contribution is 2.25. The molecule has 1 aliphatic heterocycles. The Morgan fingerprint density at radius 2 is 2.33 bits per heavy atom. The summed E-state index contributed by atoms with van der Waals surface area (Å²) in [4.78, 5) is 3.78. The Bertz CT molecular complexity index is 129. The average molecular weight is 143 g/mol. The Labute approximate surface area is 61.1 Å². The Kier molecular flexibility index (Phi) is 2.06. The summed E-state index contributed by atoms with van der Waals surface area (Å²) in [6, 6.07) is 0.662. The summed E-state index contributed by atoms with van der Waals surface area (Å²) in [5.41, 5.74) is 0. The highest BCUT2D eigenvalue weighted by molar-refractivity contribution is 8.03. The van der Waals surface area contributed by atoms with Crippen LogP contribution in [0.4, 0.5) is 0 Å². The molecule has 0 spiro atoms. The van der Waals surface area contributed by atoms with E-state index in [9.17, 15) is 0 Å². The summed E-state index contributed by atoms with van der Waals surface area (Å²) < 4.78 is 0. The molecule has 2 heteroatoms. The average Bonchev–Trinajstić information content (AvgIpc) is 2.14. The molecule has 0 aromatic carbocycles. The van der Waals surface area contributed by atoms with Crippen molar-refractivity contribution in [1.82, 2.24) is 4.90 Å². The van der Waals surface area contributed by atoms with Gasteiger partial charge in [0.05, 0.1) is 5.88 Å². The molecule has 0 amide bonds. The lowest BCUT2D eigenvalue weighted by Crippen LogP contribution is -2.21. The molecule has 0 fully saturated rings. The van der Waals surface area contributed by atoms with Crippen LogP contribution in [0.5, 0.6) is 0 Å². The van der Waals surface area contributed by atoms with Crippen LogP contribution in [-0.2, 0) is 0 Å². The first kappa shape index (κ1) is 7.00. The van der Waals surface area contributed by atoms with E-state index in [1.54, 1.807) is 0 Å². The van der Waals surface area contributed by atoms with Gasteiger partial charge in [0.1, 0.15) is 0 Å². The van der Waals surface area contributed by atoms with Crippen LogP contribution in [0, 0.1) is 0 Å². The van der Waals surface area contributed by atoms with Crippen molar-refractivity contribution >= 4 is 11.8 Å². The van der Waals surface area contributed by atoms with Gasteiger partial charge in [0, 0.05) is 12.2 Å². The van der Waals surface area contributed by atoms with E-state index in [4.69, 9.17) is 0 Å². The predicted molar refractivity (Wildman–Crippen MR) is 43.2 cm³/mol. The summed E-state index contributed by atoms with van der Waals surface area (Å²) in [5, 5.41) is 0. The van der Waals surface area contributed by atoms with E-state index in [0.29, 0.717) is 6.04 Å². The Morgan fingerprint density at radius 3 is 2.56 bits per heavy atom. The number of allylic oxidation sites excluding steroid dienone is 1. The van der Waals surface area contributed by atoms with Crippen LogP contribution in [0.3, 0.4) is 0 Å². The van der Waals surface area contributed by atoms with Gasteiger partial charge in [0.25, 0.3) is 0 Å². The monoisotopic (exact) mass is 143 g/mol. The molecule has 9 heavy (non-hydrogen) atoms. The summed E-state index contributed by atoms with van der Waals surface area (Å²) in [7, 11) is 0. The second kappa shape index (κ2) is 2.65. The van der Waals surface area contributed by atoms with E-state index in [0.717, 1.165) is 5.88 Å². The molecule has 1 heterocycles. The van der Waals surface area contributed by atoms with Crippen LogP contribution in [-0.4, -0.2) is 16.8 Å². The van der Waals surface area contributed by atoms with Gasteiger partial charge in [0.2, 0.25) is 0 Å². The number of hydrogen-bond donors (Lipinski definition) is 0. The van der Waals surface area contributed by atoms with Gasteiger partial charge in [-0.25, -0.2) is 0 Å². The van der Waals surface area contributed by atoms with Crippen LogP contribution in [0.1, 0.15) is 20.8 Å². The molecule has 1 nitrogen and oxygen atoms in total. The molecule has 0 saturated carbocycles. The molecule has 52 valence electrons. The standard InChI is InChI=1S/C7H13NS/c1-6(2)8-4-7(3)9-5-8/h4,6H,5H2,1-3H3. The van der Waals surface area contributed by atoms with Gasteiger partial charge in [-0.1, -0.05) is 0 Å². The van der Waals surface area contributed by atoms with Crippen LogP contribution in [0.15, 0.2) is 11.1 Å². The molecule has 0 aliphatic carbocycles. The lowest BCUT2D eigenvalue weighted by atomic mass is 10.4. The molecule has 0 N–H and O–H groups in total. The van der Waals surface area contributed by atoms with Gasteiger partial charge in [-0.15, -0.1) is 11.8 Å². The molecular formula is C7H13NS. The normalized spacial score (nSPS) is 19.1. The molecule has 1 rings (SSSR count). The van der Waals surface area contributed by atoms with E-state index >= 15 is 0 Å². The maximum absolute atomic E-state index is 2.35. The minimum Gasteiger partial charge on any atom is -0.365 e. The van der Waals surface area contributed by atoms with Crippen molar-refractivity contribution in [3.63, 3.8) is 0 Å². The lowest BCUT2D eigenvalue weighted by molar-refractivity contribution is 0.367. The number of thioether (sulfide) groups is 1. The van der Waals surface area contributed by atoms with Crippen molar-refractivity contribution in [3.8, 4) is 0 Å². The topological polar surface area (TPSA) is 3.24 Å². The third-order valence-electron chi connectivity index (χ3n) is 1.45. The predicted octanol–water partition coefficient (Wildman–Crippen LogP) is 2.26. The van der Waals surface area contributed by atoms with Crippen molar-refractivity contribution in [2.75, 3.05) is 5.88 Å². The first-order chi connectivity index (χ1) is 4.20. The van der Waals surface area contributed by atoms with Gasteiger partial charge in [-0.3, -0.25) is 0 Å². The van der Waals surface area contributed by atoms with Gasteiger partial charge < -0.3 is 4.90 Å². The molecular weight excluding hydrogens is 130 g/mol. The molecule has 0 aromatic heterocycles. The Morgan fingerprint density at radius 1 is 1.67 bits per heavy atom. The van der Waals surface area contributed by atoms with E-state index in [1.807, 2.05) is 11.8 Å². The van der Waals surface area contributed by atoms with Crippen LogP contribution in [0.25, 0.3) is 0 Å².